The van der Waals surface area contributed by atoms with Crippen molar-refractivity contribution in [3.63, 3.8) is 0 Å². The Morgan fingerprint density at radius 1 is 0.925 bits per heavy atom. The highest BCUT2D eigenvalue weighted by atomic mass is 16.5. The van der Waals surface area contributed by atoms with Crippen LogP contribution in [0.4, 0.5) is 0 Å². The number of hydrogen-bond acceptors (Lipinski definition) is 2. The van der Waals surface area contributed by atoms with Crippen molar-refractivity contribution in [2.75, 3.05) is 20.3 Å². The molecule has 2 atom stereocenters. The summed E-state index contributed by atoms with van der Waals surface area (Å²) in [6.45, 7) is 8.16. The van der Waals surface area contributed by atoms with Crippen LogP contribution in [-0.2, 0) is 4.74 Å². The molecule has 0 aromatic heterocycles. The molecule has 3 aromatic rings. The summed E-state index contributed by atoms with van der Waals surface area (Å²) in [7, 11) is 1.82. The van der Waals surface area contributed by atoms with E-state index in [4.69, 9.17) is 9.47 Å². The highest BCUT2D eigenvalue weighted by molar-refractivity contribution is 5.85. The molecule has 202 valence electrons. The van der Waals surface area contributed by atoms with E-state index in [1.165, 1.54) is 55.0 Å². The molecule has 3 aromatic carbocycles. The molecule has 0 amide bonds. The number of ether oxygens (including phenoxy) is 2. The Balaban J connectivity index is 0.000000242. The maximum atomic E-state index is 5.68. The molecule has 7 rings (SSSR count). The SMILES string of the molecule is C1=Cc2ccccc2OC1.COCC1=c2c(ccc3c2=CC(C)C(C)=C3)C2=C(C1)CC(c1ccccc1C)C=C2. The number of benzene rings is 3. The minimum Gasteiger partial charge on any atom is -0.489 e. The molecular weight excluding hydrogens is 488 g/mol. The lowest BCUT2D eigenvalue weighted by molar-refractivity contribution is 0.237. The summed E-state index contributed by atoms with van der Waals surface area (Å²) in [6, 6.07) is 21.5. The Bertz CT molecular complexity index is 1700. The molecule has 40 heavy (non-hydrogen) atoms. The fourth-order valence-corrected chi connectivity index (χ4v) is 6.45. The van der Waals surface area contributed by atoms with Gasteiger partial charge in [0.25, 0.3) is 0 Å². The van der Waals surface area contributed by atoms with E-state index in [0.717, 1.165) is 18.6 Å². The molecule has 0 saturated heterocycles. The predicted molar refractivity (Wildman–Crippen MR) is 168 cm³/mol. The van der Waals surface area contributed by atoms with Crippen LogP contribution in [0.1, 0.15) is 60.4 Å². The maximum Gasteiger partial charge on any atom is 0.126 e. The van der Waals surface area contributed by atoms with Gasteiger partial charge in [0, 0.05) is 18.6 Å². The first-order chi connectivity index (χ1) is 19.5. The molecular formula is C38H38O2. The smallest absolute Gasteiger partial charge is 0.126 e. The number of aryl methyl sites for hydroxylation is 1. The van der Waals surface area contributed by atoms with Gasteiger partial charge in [-0.05, 0) is 88.6 Å². The largest absolute Gasteiger partial charge is 0.489 e. The van der Waals surface area contributed by atoms with Crippen molar-refractivity contribution < 1.29 is 9.47 Å². The molecule has 4 aliphatic rings. The van der Waals surface area contributed by atoms with E-state index >= 15 is 0 Å². The van der Waals surface area contributed by atoms with Gasteiger partial charge in [-0.15, -0.1) is 0 Å². The zero-order valence-corrected chi connectivity index (χ0v) is 24.0. The predicted octanol–water partition coefficient (Wildman–Crippen LogP) is 7.62. The standard InChI is InChI=1S/C29H30O.C9H8O/c1-18-7-5-6-8-25(18)22-9-11-26-23(15-22)16-24(17-30-4)29-27(26)12-10-21-13-19(2)20(3)14-28(21)29;1-2-6-9-8(4-1)5-3-7-10-9/h5-14,20,22H,15-17H2,1-4H3;1-6H,7H2. The van der Waals surface area contributed by atoms with Crippen LogP contribution in [0.25, 0.3) is 29.4 Å². The van der Waals surface area contributed by atoms with Crippen LogP contribution in [0.2, 0.25) is 0 Å². The Morgan fingerprint density at radius 2 is 1.75 bits per heavy atom. The van der Waals surface area contributed by atoms with Gasteiger partial charge >= 0.3 is 0 Å². The fourth-order valence-electron chi connectivity index (χ4n) is 6.45. The van der Waals surface area contributed by atoms with E-state index in [1.807, 2.05) is 37.5 Å². The lowest BCUT2D eigenvalue weighted by Crippen LogP contribution is -2.38. The van der Waals surface area contributed by atoms with Crippen LogP contribution in [0, 0.1) is 12.8 Å². The average Bonchev–Trinajstić information content (AvgIpc) is 2.98. The first-order valence-corrected chi connectivity index (χ1v) is 14.4. The van der Waals surface area contributed by atoms with Crippen molar-refractivity contribution in [3.05, 3.63) is 128 Å². The molecule has 1 aliphatic heterocycles. The molecule has 3 aliphatic carbocycles. The van der Waals surface area contributed by atoms with Crippen LogP contribution >= 0.6 is 0 Å². The van der Waals surface area contributed by atoms with Gasteiger partial charge in [0.05, 0.1) is 6.61 Å². The quantitative estimate of drug-likeness (QED) is 0.350. The van der Waals surface area contributed by atoms with Crippen molar-refractivity contribution in [3.8, 4) is 5.75 Å². The second-order valence-electron chi connectivity index (χ2n) is 11.3. The topological polar surface area (TPSA) is 18.5 Å². The van der Waals surface area contributed by atoms with Crippen LogP contribution in [-0.4, -0.2) is 20.3 Å². The van der Waals surface area contributed by atoms with E-state index in [9.17, 15) is 0 Å². The van der Waals surface area contributed by atoms with Crippen LogP contribution in [0.15, 0.2) is 90.0 Å². The summed E-state index contributed by atoms with van der Waals surface area (Å²) in [4.78, 5) is 0. The number of allylic oxidation sites excluding steroid dienone is 5. The van der Waals surface area contributed by atoms with Crippen LogP contribution in [0.5, 0.6) is 5.75 Å². The van der Waals surface area contributed by atoms with Gasteiger partial charge in [-0.2, -0.15) is 0 Å². The highest BCUT2D eigenvalue weighted by Gasteiger charge is 2.26. The van der Waals surface area contributed by atoms with Crippen LogP contribution < -0.4 is 15.2 Å². The van der Waals surface area contributed by atoms with E-state index in [0.29, 0.717) is 25.0 Å². The number of hydrogen-bond donors (Lipinski definition) is 0. The number of fused-ring (bicyclic) bond motifs is 5. The van der Waals surface area contributed by atoms with Gasteiger partial charge in [-0.3, -0.25) is 0 Å². The van der Waals surface area contributed by atoms with Crippen molar-refractivity contribution in [1.29, 1.82) is 0 Å². The molecule has 2 heteroatoms. The van der Waals surface area contributed by atoms with Crippen molar-refractivity contribution in [1.82, 2.24) is 0 Å². The van der Waals surface area contributed by atoms with Crippen molar-refractivity contribution in [2.24, 2.45) is 5.92 Å². The second-order valence-corrected chi connectivity index (χ2v) is 11.3. The molecule has 0 bridgehead atoms. The first-order valence-electron chi connectivity index (χ1n) is 14.4. The maximum absolute atomic E-state index is 5.68. The third-order valence-corrected chi connectivity index (χ3v) is 8.67. The third-order valence-electron chi connectivity index (χ3n) is 8.67. The fraction of sp³-hybridized carbons (Fsp3) is 0.263. The zero-order chi connectivity index (χ0) is 27.6. The Hall–Kier alpha value is -3.88. The van der Waals surface area contributed by atoms with E-state index in [-0.39, 0.29) is 0 Å². The van der Waals surface area contributed by atoms with Gasteiger partial charge in [-0.1, -0.05) is 103 Å². The molecule has 0 fully saturated rings. The van der Waals surface area contributed by atoms with Gasteiger partial charge in [0.15, 0.2) is 0 Å². The number of methoxy groups -OCH3 is 1. The molecule has 0 radical (unpaired) electrons. The summed E-state index contributed by atoms with van der Waals surface area (Å²) in [5.74, 6) is 1.94. The van der Waals surface area contributed by atoms with E-state index < -0.39 is 0 Å². The van der Waals surface area contributed by atoms with E-state index in [2.05, 4.69) is 87.5 Å². The summed E-state index contributed by atoms with van der Waals surface area (Å²) < 4.78 is 11.0. The summed E-state index contributed by atoms with van der Waals surface area (Å²) in [5.41, 5.74) is 12.6. The summed E-state index contributed by atoms with van der Waals surface area (Å²) in [5, 5.41) is 2.82. The van der Waals surface area contributed by atoms with Crippen molar-refractivity contribution >= 4 is 29.4 Å². The Morgan fingerprint density at radius 3 is 2.58 bits per heavy atom. The van der Waals surface area contributed by atoms with E-state index in [1.54, 1.807) is 5.57 Å². The Kier molecular flexibility index (Phi) is 7.45. The normalized spacial score (nSPS) is 20.1. The molecule has 0 spiro atoms. The monoisotopic (exact) mass is 526 g/mol. The van der Waals surface area contributed by atoms with Gasteiger partial charge in [-0.25, -0.2) is 0 Å². The summed E-state index contributed by atoms with van der Waals surface area (Å²) >= 11 is 0. The molecule has 1 heterocycles. The van der Waals surface area contributed by atoms with Gasteiger partial charge in [0.2, 0.25) is 0 Å². The second kappa shape index (κ2) is 11.3. The molecule has 0 N–H and O–H groups in total. The van der Waals surface area contributed by atoms with Crippen LogP contribution in [0.3, 0.4) is 0 Å². The third kappa shape index (κ3) is 5.05. The minimum atomic E-state index is 0.463. The molecule has 0 saturated carbocycles. The lowest BCUT2D eigenvalue weighted by atomic mass is 9.75. The molecule has 2 nitrogen and oxygen atoms in total. The Labute approximate surface area is 238 Å². The summed E-state index contributed by atoms with van der Waals surface area (Å²) in [6.07, 6.45) is 15.8. The minimum absolute atomic E-state index is 0.463. The highest BCUT2D eigenvalue weighted by Crippen LogP contribution is 2.40. The zero-order valence-electron chi connectivity index (χ0n) is 24.0. The average molecular weight is 527 g/mol. The molecule has 2 unspecified atom stereocenters. The lowest BCUT2D eigenvalue weighted by Gasteiger charge is -2.29. The van der Waals surface area contributed by atoms with Gasteiger partial charge in [0.1, 0.15) is 12.4 Å². The first kappa shape index (κ1) is 26.3. The number of para-hydroxylation sites is 1. The number of rotatable bonds is 3. The van der Waals surface area contributed by atoms with Gasteiger partial charge < -0.3 is 9.47 Å². The van der Waals surface area contributed by atoms with Crippen molar-refractivity contribution in [2.45, 2.75) is 39.5 Å².